The van der Waals surface area contributed by atoms with Crippen LogP contribution in [-0.2, 0) is 6.54 Å². The molecule has 116 valence electrons. The van der Waals surface area contributed by atoms with Crippen molar-refractivity contribution in [1.29, 1.82) is 0 Å². The van der Waals surface area contributed by atoms with Crippen molar-refractivity contribution in [1.82, 2.24) is 9.99 Å². The second-order valence-electron chi connectivity index (χ2n) is 4.89. The molecule has 6 heteroatoms. The molecule has 1 amide bonds. The van der Waals surface area contributed by atoms with Crippen LogP contribution < -0.4 is 5.43 Å². The number of carbonyl (C=O) groups is 1. The zero-order chi connectivity index (χ0) is 16.3. The van der Waals surface area contributed by atoms with Crippen LogP contribution in [0.2, 0.25) is 10.0 Å². The number of amides is 1. The van der Waals surface area contributed by atoms with Gasteiger partial charge in [0.1, 0.15) is 0 Å². The van der Waals surface area contributed by atoms with Gasteiger partial charge in [-0.2, -0.15) is 5.10 Å². The van der Waals surface area contributed by atoms with E-state index in [4.69, 9.17) is 23.2 Å². The zero-order valence-electron chi connectivity index (χ0n) is 12.7. The van der Waals surface area contributed by atoms with Crippen molar-refractivity contribution < 1.29 is 4.79 Å². The number of hydrogen-bond donors (Lipinski definition) is 1. The molecule has 0 saturated carbocycles. The van der Waals surface area contributed by atoms with Gasteiger partial charge in [0.05, 0.1) is 16.8 Å². The average molecular weight is 338 g/mol. The molecule has 22 heavy (non-hydrogen) atoms. The van der Waals surface area contributed by atoms with Crippen LogP contribution in [0.4, 0.5) is 0 Å². The van der Waals surface area contributed by atoms with E-state index >= 15 is 0 Å². The molecule has 1 aromatic carbocycles. The number of hydrazone groups is 1. The minimum absolute atomic E-state index is 0.296. The Hall–Kier alpha value is -1.78. The molecule has 0 spiro atoms. The average Bonchev–Trinajstić information content (AvgIpc) is 2.72. The Morgan fingerprint density at radius 1 is 1.32 bits per heavy atom. The highest BCUT2D eigenvalue weighted by Crippen LogP contribution is 2.20. The number of nitrogens with zero attached hydrogens (tertiary/aromatic N) is 2. The fourth-order valence-electron chi connectivity index (χ4n) is 2.34. The second-order valence-corrected chi connectivity index (χ2v) is 5.74. The van der Waals surface area contributed by atoms with Crippen LogP contribution in [0.3, 0.4) is 0 Å². The molecule has 0 atom stereocenters. The summed E-state index contributed by atoms with van der Waals surface area (Å²) in [6.45, 7) is 7.05. The molecule has 0 fully saturated rings. The largest absolute Gasteiger partial charge is 0.349 e. The third kappa shape index (κ3) is 3.51. The zero-order valence-corrected chi connectivity index (χ0v) is 14.2. The lowest BCUT2D eigenvalue weighted by Crippen LogP contribution is -2.18. The number of aromatic nitrogens is 1. The Balaban J connectivity index is 2.11. The predicted molar refractivity (Wildman–Crippen MR) is 91.1 cm³/mol. The van der Waals surface area contributed by atoms with Gasteiger partial charge >= 0.3 is 0 Å². The summed E-state index contributed by atoms with van der Waals surface area (Å²) in [4.78, 5) is 12.0. The lowest BCUT2D eigenvalue weighted by atomic mass is 10.2. The standard InChI is InChI=1S/C16H17Cl2N3O/c1-4-21-10(2)7-12(11(21)3)9-19-20-16(22)14-6-5-13(17)8-15(14)18/h5-9H,4H2,1-3H3,(H,20,22)/b19-9-. The fourth-order valence-corrected chi connectivity index (χ4v) is 2.83. The lowest BCUT2D eigenvalue weighted by molar-refractivity contribution is 0.0955. The van der Waals surface area contributed by atoms with E-state index in [1.807, 2.05) is 19.9 Å². The molecular formula is C16H17Cl2N3O. The Bertz CT molecular complexity index is 735. The maximum Gasteiger partial charge on any atom is 0.272 e. The van der Waals surface area contributed by atoms with Crippen LogP contribution in [0.5, 0.6) is 0 Å². The van der Waals surface area contributed by atoms with E-state index in [2.05, 4.69) is 22.0 Å². The third-order valence-electron chi connectivity index (χ3n) is 3.47. The smallest absolute Gasteiger partial charge is 0.272 e. The molecule has 0 radical (unpaired) electrons. The van der Waals surface area contributed by atoms with Gasteiger partial charge in [0.25, 0.3) is 5.91 Å². The van der Waals surface area contributed by atoms with Crippen molar-refractivity contribution in [3.8, 4) is 0 Å². The summed E-state index contributed by atoms with van der Waals surface area (Å²) < 4.78 is 2.18. The number of hydrogen-bond acceptors (Lipinski definition) is 2. The Kier molecular flexibility index (Phi) is 5.27. The number of aryl methyl sites for hydroxylation is 1. The lowest BCUT2D eigenvalue weighted by Gasteiger charge is -2.04. The van der Waals surface area contributed by atoms with Gasteiger partial charge in [0, 0.05) is 28.5 Å². The van der Waals surface area contributed by atoms with E-state index in [9.17, 15) is 4.79 Å². The number of benzene rings is 1. The first-order valence-corrected chi connectivity index (χ1v) is 7.64. The summed E-state index contributed by atoms with van der Waals surface area (Å²) >= 11 is 11.8. The molecule has 0 unspecified atom stereocenters. The van der Waals surface area contributed by atoms with Crippen LogP contribution in [0.15, 0.2) is 29.4 Å². The van der Waals surface area contributed by atoms with E-state index in [1.165, 1.54) is 6.07 Å². The van der Waals surface area contributed by atoms with Crippen LogP contribution in [0, 0.1) is 13.8 Å². The summed E-state index contributed by atoms with van der Waals surface area (Å²) in [5, 5.41) is 4.78. The van der Waals surface area contributed by atoms with Crippen LogP contribution >= 0.6 is 23.2 Å². The van der Waals surface area contributed by atoms with Crippen molar-refractivity contribution in [2.45, 2.75) is 27.3 Å². The molecule has 1 heterocycles. The van der Waals surface area contributed by atoms with Gasteiger partial charge in [-0.15, -0.1) is 0 Å². The maximum absolute atomic E-state index is 12.0. The first kappa shape index (κ1) is 16.6. The Labute approximate surface area is 139 Å². The molecule has 0 aliphatic carbocycles. The van der Waals surface area contributed by atoms with Crippen molar-refractivity contribution in [3.63, 3.8) is 0 Å². The molecule has 2 rings (SSSR count). The van der Waals surface area contributed by atoms with E-state index in [0.717, 1.165) is 23.5 Å². The SMILES string of the molecule is CCn1c(C)cc(/C=N\NC(=O)c2ccc(Cl)cc2Cl)c1C. The maximum atomic E-state index is 12.0. The summed E-state index contributed by atoms with van der Waals surface area (Å²) in [7, 11) is 0. The first-order chi connectivity index (χ1) is 10.4. The summed E-state index contributed by atoms with van der Waals surface area (Å²) in [6.07, 6.45) is 1.64. The predicted octanol–water partition coefficient (Wildman–Crippen LogP) is 4.20. The molecule has 0 bridgehead atoms. The normalized spacial score (nSPS) is 11.1. The molecule has 0 aliphatic heterocycles. The quantitative estimate of drug-likeness (QED) is 0.659. The summed E-state index contributed by atoms with van der Waals surface area (Å²) in [5.41, 5.74) is 6.06. The van der Waals surface area contributed by atoms with Gasteiger partial charge in [-0.25, -0.2) is 5.43 Å². The molecule has 2 aromatic rings. The van der Waals surface area contributed by atoms with Crippen molar-refractivity contribution in [3.05, 3.63) is 56.8 Å². The van der Waals surface area contributed by atoms with Gasteiger partial charge in [-0.1, -0.05) is 23.2 Å². The molecule has 4 nitrogen and oxygen atoms in total. The highest BCUT2D eigenvalue weighted by Gasteiger charge is 2.10. The van der Waals surface area contributed by atoms with Gasteiger partial charge in [-0.3, -0.25) is 4.79 Å². The monoisotopic (exact) mass is 337 g/mol. The molecular weight excluding hydrogens is 321 g/mol. The van der Waals surface area contributed by atoms with Crippen molar-refractivity contribution in [2.24, 2.45) is 5.10 Å². The van der Waals surface area contributed by atoms with Crippen molar-refractivity contribution in [2.75, 3.05) is 0 Å². The van der Waals surface area contributed by atoms with Crippen LogP contribution in [0.25, 0.3) is 0 Å². The third-order valence-corrected chi connectivity index (χ3v) is 4.02. The second kappa shape index (κ2) is 6.99. The number of nitrogens with one attached hydrogen (secondary N) is 1. The Morgan fingerprint density at radius 3 is 2.64 bits per heavy atom. The summed E-state index contributed by atoms with van der Waals surface area (Å²) in [5.74, 6) is -0.373. The van der Waals surface area contributed by atoms with E-state index in [1.54, 1.807) is 18.3 Å². The summed E-state index contributed by atoms with van der Waals surface area (Å²) in [6, 6.07) is 6.74. The van der Waals surface area contributed by atoms with Crippen LogP contribution in [0.1, 0.15) is 34.2 Å². The Morgan fingerprint density at radius 2 is 2.05 bits per heavy atom. The van der Waals surface area contributed by atoms with Gasteiger partial charge in [0.15, 0.2) is 0 Å². The minimum Gasteiger partial charge on any atom is -0.349 e. The molecule has 1 aromatic heterocycles. The van der Waals surface area contributed by atoms with E-state index in [0.29, 0.717) is 15.6 Å². The number of rotatable bonds is 4. The number of carbonyl (C=O) groups excluding carboxylic acids is 1. The van der Waals surface area contributed by atoms with E-state index < -0.39 is 0 Å². The van der Waals surface area contributed by atoms with E-state index in [-0.39, 0.29) is 5.91 Å². The fraction of sp³-hybridized carbons (Fsp3) is 0.250. The van der Waals surface area contributed by atoms with Crippen molar-refractivity contribution >= 4 is 35.3 Å². The minimum atomic E-state index is -0.373. The van der Waals surface area contributed by atoms with Gasteiger partial charge < -0.3 is 4.57 Å². The highest BCUT2D eigenvalue weighted by atomic mass is 35.5. The number of halogens is 2. The molecule has 1 N–H and O–H groups in total. The van der Waals surface area contributed by atoms with Gasteiger partial charge in [-0.05, 0) is 45.0 Å². The highest BCUT2D eigenvalue weighted by molar-refractivity contribution is 6.36. The molecule has 0 aliphatic rings. The van der Waals surface area contributed by atoms with Crippen LogP contribution in [-0.4, -0.2) is 16.7 Å². The topological polar surface area (TPSA) is 46.4 Å². The first-order valence-electron chi connectivity index (χ1n) is 6.89. The molecule has 0 saturated heterocycles. The van der Waals surface area contributed by atoms with Gasteiger partial charge in [0.2, 0.25) is 0 Å².